The van der Waals surface area contributed by atoms with E-state index in [1.165, 1.54) is 12.7 Å². The number of aromatic nitrogens is 2. The predicted molar refractivity (Wildman–Crippen MR) is 88.3 cm³/mol. The molecule has 3 unspecified atom stereocenters. The maximum atomic E-state index is 12.4. The number of nitrogens with one attached hydrogen (secondary N) is 1. The second-order valence-electron chi connectivity index (χ2n) is 7.28. The molecular weight excluding hydrogens is 314 g/mol. The number of rotatable bonds is 4. The second kappa shape index (κ2) is 5.69. The third kappa shape index (κ3) is 2.95. The molecule has 1 aromatic rings. The Morgan fingerprint density at radius 1 is 1.35 bits per heavy atom. The van der Waals surface area contributed by atoms with Crippen molar-refractivity contribution in [1.29, 1.82) is 0 Å². The Hall–Kier alpha value is -1.24. The molecule has 2 aliphatic carbocycles. The summed E-state index contributed by atoms with van der Waals surface area (Å²) in [4.78, 5) is 25.2. The van der Waals surface area contributed by atoms with E-state index in [2.05, 4.69) is 32.1 Å². The van der Waals surface area contributed by atoms with E-state index in [9.17, 15) is 4.79 Å². The van der Waals surface area contributed by atoms with Crippen LogP contribution in [0.15, 0.2) is 12.4 Å². The van der Waals surface area contributed by atoms with Gasteiger partial charge in [-0.2, -0.15) is 0 Å². The molecule has 3 atom stereocenters. The molecule has 0 radical (unpaired) electrons. The lowest BCUT2D eigenvalue weighted by Crippen LogP contribution is -2.49. The smallest absolute Gasteiger partial charge is 0.228 e. The molecule has 7 heteroatoms. The number of nitrogens with zero attached hydrogens (tertiary/aromatic N) is 4. The summed E-state index contributed by atoms with van der Waals surface area (Å²) in [6.07, 6.45) is 3.57. The molecule has 0 spiro atoms. The van der Waals surface area contributed by atoms with Gasteiger partial charge in [-0.3, -0.25) is 4.79 Å². The first kappa shape index (κ1) is 15.3. The molecule has 124 valence electrons. The zero-order valence-corrected chi connectivity index (χ0v) is 14.1. The van der Waals surface area contributed by atoms with Crippen molar-refractivity contribution in [2.75, 3.05) is 45.1 Å². The minimum absolute atomic E-state index is 0.0799. The van der Waals surface area contributed by atoms with Gasteiger partial charge < -0.3 is 15.1 Å². The number of halogens is 1. The number of carbonyl (C=O) groups is 1. The normalized spacial score (nSPS) is 33.7. The van der Waals surface area contributed by atoms with Gasteiger partial charge in [0.15, 0.2) is 0 Å². The van der Waals surface area contributed by atoms with Gasteiger partial charge >= 0.3 is 0 Å². The van der Waals surface area contributed by atoms with E-state index in [0.29, 0.717) is 22.3 Å². The summed E-state index contributed by atoms with van der Waals surface area (Å²) in [6.45, 7) is 5.77. The highest BCUT2D eigenvalue weighted by molar-refractivity contribution is 6.29. The molecule has 1 aliphatic heterocycles. The van der Waals surface area contributed by atoms with E-state index < -0.39 is 0 Å². The maximum Gasteiger partial charge on any atom is 0.228 e. The fourth-order valence-electron chi connectivity index (χ4n) is 4.20. The van der Waals surface area contributed by atoms with Gasteiger partial charge in [0.25, 0.3) is 0 Å². The highest BCUT2D eigenvalue weighted by Gasteiger charge is 2.68. The van der Waals surface area contributed by atoms with Crippen molar-refractivity contribution in [3.63, 3.8) is 0 Å². The van der Waals surface area contributed by atoms with E-state index in [0.717, 1.165) is 39.1 Å². The molecule has 6 nitrogen and oxygen atoms in total. The van der Waals surface area contributed by atoms with Crippen molar-refractivity contribution in [2.45, 2.75) is 12.8 Å². The number of hydrogen-bond acceptors (Lipinski definition) is 5. The first-order valence-corrected chi connectivity index (χ1v) is 8.63. The molecule has 0 bridgehead atoms. The van der Waals surface area contributed by atoms with Crippen LogP contribution in [-0.2, 0) is 4.79 Å². The van der Waals surface area contributed by atoms with Gasteiger partial charge in [0.2, 0.25) is 5.91 Å². The minimum atomic E-state index is 0.0799. The van der Waals surface area contributed by atoms with Gasteiger partial charge in [-0.15, -0.1) is 0 Å². The molecule has 1 aromatic heterocycles. The van der Waals surface area contributed by atoms with E-state index in [1.54, 1.807) is 6.07 Å². The Kier molecular flexibility index (Phi) is 3.78. The number of likely N-dealkylation sites (N-methyl/N-ethyl adjacent to an activating group) is 1. The molecule has 3 aliphatic rings. The number of amides is 1. The number of fused-ring (bicyclic) bond motifs is 1. The molecule has 2 saturated carbocycles. The van der Waals surface area contributed by atoms with E-state index in [4.69, 9.17) is 11.6 Å². The summed E-state index contributed by atoms with van der Waals surface area (Å²) >= 11 is 5.82. The Bertz CT molecular complexity index is 618. The third-order valence-electron chi connectivity index (χ3n) is 5.72. The lowest BCUT2D eigenvalue weighted by Gasteiger charge is -2.40. The lowest BCUT2D eigenvalue weighted by atomic mass is 9.74. The van der Waals surface area contributed by atoms with Crippen molar-refractivity contribution in [2.24, 2.45) is 17.3 Å². The topological polar surface area (TPSA) is 61.4 Å². The Morgan fingerprint density at radius 3 is 2.83 bits per heavy atom. The molecule has 1 N–H and O–H groups in total. The van der Waals surface area contributed by atoms with Crippen LogP contribution in [0.5, 0.6) is 0 Å². The Morgan fingerprint density at radius 2 is 2.13 bits per heavy atom. The van der Waals surface area contributed by atoms with Crippen LogP contribution in [0, 0.1) is 17.3 Å². The predicted octanol–water partition coefficient (Wildman–Crippen LogP) is 1.34. The van der Waals surface area contributed by atoms with Gasteiger partial charge in [-0.1, -0.05) is 11.6 Å². The van der Waals surface area contributed by atoms with E-state index in [1.807, 2.05) is 0 Å². The summed E-state index contributed by atoms with van der Waals surface area (Å²) in [6, 6.07) is 1.59. The van der Waals surface area contributed by atoms with Gasteiger partial charge in [-0.25, -0.2) is 9.97 Å². The number of anilines is 1. The summed E-state index contributed by atoms with van der Waals surface area (Å²) in [7, 11) is 2.18. The lowest BCUT2D eigenvalue weighted by molar-refractivity contribution is -0.124. The summed E-state index contributed by atoms with van der Waals surface area (Å²) < 4.78 is 0. The third-order valence-corrected chi connectivity index (χ3v) is 5.93. The number of piperazine rings is 1. The fourth-order valence-corrected chi connectivity index (χ4v) is 4.34. The molecule has 1 saturated heterocycles. The molecule has 23 heavy (non-hydrogen) atoms. The minimum Gasteiger partial charge on any atom is -0.310 e. The van der Waals surface area contributed by atoms with Crippen LogP contribution in [0.3, 0.4) is 0 Å². The zero-order chi connectivity index (χ0) is 16.0. The van der Waals surface area contributed by atoms with Gasteiger partial charge in [0.1, 0.15) is 17.3 Å². The van der Waals surface area contributed by atoms with Crippen molar-refractivity contribution >= 4 is 23.3 Å². The van der Waals surface area contributed by atoms with Crippen LogP contribution in [-0.4, -0.2) is 65.4 Å². The summed E-state index contributed by atoms with van der Waals surface area (Å²) in [5.41, 5.74) is 0.418. The SMILES string of the molecule is CN1CCN(CC23CC(C(=O)Nc4cc(Cl)ncn4)C2C3)CC1. The first-order chi connectivity index (χ1) is 11.1. The summed E-state index contributed by atoms with van der Waals surface area (Å²) in [5, 5.41) is 3.22. The highest BCUT2D eigenvalue weighted by Crippen LogP contribution is 2.71. The van der Waals surface area contributed by atoms with Crippen molar-refractivity contribution in [3.8, 4) is 0 Å². The molecular formula is C16H22ClN5O. The van der Waals surface area contributed by atoms with Gasteiger partial charge in [0.05, 0.1) is 0 Å². The molecule has 4 rings (SSSR count). The largest absolute Gasteiger partial charge is 0.310 e. The van der Waals surface area contributed by atoms with E-state index in [-0.39, 0.29) is 11.8 Å². The van der Waals surface area contributed by atoms with Crippen LogP contribution in [0.4, 0.5) is 5.82 Å². The van der Waals surface area contributed by atoms with Crippen LogP contribution in [0.25, 0.3) is 0 Å². The molecule has 1 amide bonds. The average molecular weight is 336 g/mol. The number of hydrogen-bond donors (Lipinski definition) is 1. The van der Waals surface area contributed by atoms with Crippen LogP contribution in [0.2, 0.25) is 5.15 Å². The van der Waals surface area contributed by atoms with Crippen molar-refractivity contribution in [3.05, 3.63) is 17.5 Å². The highest BCUT2D eigenvalue weighted by atomic mass is 35.5. The average Bonchev–Trinajstić information content (AvgIpc) is 3.06. The van der Waals surface area contributed by atoms with Crippen LogP contribution < -0.4 is 5.32 Å². The zero-order valence-electron chi connectivity index (χ0n) is 13.3. The second-order valence-corrected chi connectivity index (χ2v) is 7.67. The Balaban J connectivity index is 1.29. The monoisotopic (exact) mass is 335 g/mol. The molecule has 3 fully saturated rings. The maximum absolute atomic E-state index is 12.4. The van der Waals surface area contributed by atoms with Crippen LogP contribution in [0.1, 0.15) is 12.8 Å². The fraction of sp³-hybridized carbons (Fsp3) is 0.688. The molecule has 2 heterocycles. The quantitative estimate of drug-likeness (QED) is 0.841. The van der Waals surface area contributed by atoms with Crippen molar-refractivity contribution in [1.82, 2.24) is 19.8 Å². The first-order valence-electron chi connectivity index (χ1n) is 8.25. The van der Waals surface area contributed by atoms with Crippen LogP contribution >= 0.6 is 11.6 Å². The Labute approximate surface area is 141 Å². The number of carbonyl (C=O) groups excluding carboxylic acids is 1. The van der Waals surface area contributed by atoms with Crippen molar-refractivity contribution < 1.29 is 4.79 Å². The standard InChI is InChI=1S/C16H22ClN5O/c1-21-2-4-22(5-3-21)9-16-7-11(12(16)8-16)15(23)20-14-6-13(17)18-10-19-14/h6,10-12H,2-5,7-9H2,1H3,(H,18,19,20,23). The van der Waals surface area contributed by atoms with E-state index >= 15 is 0 Å². The van der Waals surface area contributed by atoms with Gasteiger partial charge in [-0.05, 0) is 31.2 Å². The summed E-state index contributed by atoms with van der Waals surface area (Å²) in [5.74, 6) is 1.26. The van der Waals surface area contributed by atoms with Gasteiger partial charge in [0, 0.05) is 44.7 Å². The molecule has 0 aromatic carbocycles.